The first kappa shape index (κ1) is 12.3. The molecule has 0 saturated heterocycles. The van der Waals surface area contributed by atoms with E-state index in [1.54, 1.807) is 0 Å². The minimum Gasteiger partial charge on any atom is -0.380 e. The lowest BCUT2D eigenvalue weighted by Gasteiger charge is -2.31. The van der Waals surface area contributed by atoms with Crippen molar-refractivity contribution in [1.82, 2.24) is 5.32 Å². The molecule has 2 unspecified atom stereocenters. The molecule has 0 radical (unpaired) electrons. The van der Waals surface area contributed by atoms with Crippen LogP contribution in [0.5, 0.6) is 0 Å². The fourth-order valence-corrected chi connectivity index (χ4v) is 2.55. The Morgan fingerprint density at radius 3 is 2.86 bits per heavy atom. The van der Waals surface area contributed by atoms with Gasteiger partial charge in [0.1, 0.15) is 0 Å². The molecule has 0 spiro atoms. The standard InChI is InChI=1S/C11H23NOS/c1-13-11-7-4-3-6-10(11)12-8-5-9-14-2/h10-12H,3-9H2,1-2H3. The van der Waals surface area contributed by atoms with Crippen molar-refractivity contribution in [3.63, 3.8) is 0 Å². The van der Waals surface area contributed by atoms with Crippen LogP contribution >= 0.6 is 11.8 Å². The lowest BCUT2D eigenvalue weighted by Crippen LogP contribution is -2.43. The van der Waals surface area contributed by atoms with Crippen LogP contribution in [0.15, 0.2) is 0 Å². The summed E-state index contributed by atoms with van der Waals surface area (Å²) >= 11 is 1.92. The average molecular weight is 217 g/mol. The maximum absolute atomic E-state index is 5.49. The molecule has 14 heavy (non-hydrogen) atoms. The number of rotatable bonds is 6. The Morgan fingerprint density at radius 2 is 2.14 bits per heavy atom. The van der Waals surface area contributed by atoms with Gasteiger partial charge in [0.15, 0.2) is 0 Å². The zero-order chi connectivity index (χ0) is 10.2. The van der Waals surface area contributed by atoms with E-state index in [-0.39, 0.29) is 0 Å². The number of nitrogens with one attached hydrogen (secondary N) is 1. The Morgan fingerprint density at radius 1 is 1.36 bits per heavy atom. The molecule has 1 aliphatic carbocycles. The third-order valence-corrected chi connectivity index (χ3v) is 3.63. The molecule has 1 fully saturated rings. The molecule has 1 saturated carbocycles. The zero-order valence-electron chi connectivity index (χ0n) is 9.42. The highest BCUT2D eigenvalue weighted by molar-refractivity contribution is 7.98. The molecular formula is C11H23NOS. The molecule has 0 aromatic carbocycles. The maximum Gasteiger partial charge on any atom is 0.0724 e. The molecule has 0 heterocycles. The Bertz CT molecular complexity index is 143. The molecule has 0 aliphatic heterocycles. The fourth-order valence-electron chi connectivity index (χ4n) is 2.12. The van der Waals surface area contributed by atoms with Gasteiger partial charge in [0.25, 0.3) is 0 Å². The average Bonchev–Trinajstić information content (AvgIpc) is 2.25. The number of ether oxygens (including phenoxy) is 1. The largest absolute Gasteiger partial charge is 0.380 e. The van der Waals surface area contributed by atoms with Crippen molar-refractivity contribution in [2.24, 2.45) is 0 Å². The smallest absolute Gasteiger partial charge is 0.0724 e. The van der Waals surface area contributed by atoms with Crippen molar-refractivity contribution < 1.29 is 4.74 Å². The zero-order valence-corrected chi connectivity index (χ0v) is 10.2. The van der Waals surface area contributed by atoms with Crippen molar-refractivity contribution in [1.29, 1.82) is 0 Å². The molecular weight excluding hydrogens is 194 g/mol. The Hall–Kier alpha value is 0.270. The molecule has 84 valence electrons. The van der Waals surface area contributed by atoms with Crippen LogP contribution in [0, 0.1) is 0 Å². The predicted molar refractivity (Wildman–Crippen MR) is 64.1 cm³/mol. The first-order valence-electron chi connectivity index (χ1n) is 5.63. The summed E-state index contributed by atoms with van der Waals surface area (Å²) in [6, 6.07) is 0.607. The molecule has 0 amide bonds. The molecule has 0 bridgehead atoms. The van der Waals surface area contributed by atoms with Crippen molar-refractivity contribution >= 4 is 11.8 Å². The van der Waals surface area contributed by atoms with E-state index in [2.05, 4.69) is 11.6 Å². The molecule has 0 aromatic heterocycles. The van der Waals surface area contributed by atoms with Gasteiger partial charge < -0.3 is 10.1 Å². The van der Waals surface area contributed by atoms with Crippen LogP contribution < -0.4 is 5.32 Å². The number of thioether (sulfide) groups is 1. The predicted octanol–water partition coefficient (Wildman–Crippen LogP) is 2.29. The number of hydrogen-bond acceptors (Lipinski definition) is 3. The molecule has 1 rings (SSSR count). The molecule has 1 N–H and O–H groups in total. The minimum atomic E-state index is 0.457. The third-order valence-electron chi connectivity index (χ3n) is 2.94. The van der Waals surface area contributed by atoms with Gasteiger partial charge in [-0.25, -0.2) is 0 Å². The van der Waals surface area contributed by atoms with Crippen molar-refractivity contribution in [2.75, 3.05) is 25.7 Å². The van der Waals surface area contributed by atoms with Crippen molar-refractivity contribution in [3.8, 4) is 0 Å². The normalized spacial score (nSPS) is 27.9. The van der Waals surface area contributed by atoms with Gasteiger partial charge in [-0.3, -0.25) is 0 Å². The first-order chi connectivity index (χ1) is 6.88. The van der Waals surface area contributed by atoms with Gasteiger partial charge in [0.2, 0.25) is 0 Å². The Balaban J connectivity index is 2.13. The SMILES string of the molecule is COC1CCCCC1NCCCSC. The molecule has 2 atom stereocenters. The quantitative estimate of drug-likeness (QED) is 0.690. The summed E-state index contributed by atoms with van der Waals surface area (Å²) in [4.78, 5) is 0. The second-order valence-corrected chi connectivity index (χ2v) is 4.95. The van der Waals surface area contributed by atoms with Crippen LogP contribution in [0.2, 0.25) is 0 Å². The van der Waals surface area contributed by atoms with Gasteiger partial charge in [0.05, 0.1) is 6.10 Å². The maximum atomic E-state index is 5.49. The second kappa shape index (κ2) is 7.55. The van der Waals surface area contributed by atoms with E-state index in [1.165, 1.54) is 37.9 Å². The van der Waals surface area contributed by atoms with Crippen LogP contribution in [0.1, 0.15) is 32.1 Å². The highest BCUT2D eigenvalue weighted by atomic mass is 32.2. The first-order valence-corrected chi connectivity index (χ1v) is 7.03. The minimum absolute atomic E-state index is 0.457. The third kappa shape index (κ3) is 4.20. The molecule has 2 nitrogen and oxygen atoms in total. The second-order valence-electron chi connectivity index (χ2n) is 3.97. The summed E-state index contributed by atoms with van der Waals surface area (Å²) in [6.07, 6.45) is 9.11. The van der Waals surface area contributed by atoms with Crippen LogP contribution in [0.4, 0.5) is 0 Å². The summed E-state index contributed by atoms with van der Waals surface area (Å²) in [5.41, 5.74) is 0. The van der Waals surface area contributed by atoms with E-state index in [4.69, 9.17) is 4.74 Å². The fraction of sp³-hybridized carbons (Fsp3) is 1.00. The summed E-state index contributed by atoms with van der Waals surface area (Å²) in [5.74, 6) is 1.26. The van der Waals surface area contributed by atoms with Gasteiger partial charge in [-0.1, -0.05) is 12.8 Å². The van der Waals surface area contributed by atoms with E-state index >= 15 is 0 Å². The van der Waals surface area contributed by atoms with E-state index in [0.717, 1.165) is 6.54 Å². The van der Waals surface area contributed by atoms with Gasteiger partial charge in [-0.2, -0.15) is 11.8 Å². The van der Waals surface area contributed by atoms with Gasteiger partial charge in [0, 0.05) is 13.2 Å². The summed E-state index contributed by atoms with van der Waals surface area (Å²) in [6.45, 7) is 1.14. The Labute approximate surface area is 92.2 Å². The summed E-state index contributed by atoms with van der Waals surface area (Å²) < 4.78 is 5.49. The van der Waals surface area contributed by atoms with Crippen LogP contribution in [-0.4, -0.2) is 37.8 Å². The molecule has 3 heteroatoms. The topological polar surface area (TPSA) is 21.3 Å². The highest BCUT2D eigenvalue weighted by Crippen LogP contribution is 2.20. The van der Waals surface area contributed by atoms with Gasteiger partial charge >= 0.3 is 0 Å². The molecule has 1 aliphatic rings. The van der Waals surface area contributed by atoms with Crippen molar-refractivity contribution in [2.45, 2.75) is 44.2 Å². The monoisotopic (exact) mass is 217 g/mol. The van der Waals surface area contributed by atoms with E-state index < -0.39 is 0 Å². The Kier molecular flexibility index (Phi) is 6.65. The summed E-state index contributed by atoms with van der Waals surface area (Å²) in [7, 11) is 1.84. The summed E-state index contributed by atoms with van der Waals surface area (Å²) in [5, 5.41) is 3.62. The van der Waals surface area contributed by atoms with E-state index in [0.29, 0.717) is 12.1 Å². The van der Waals surface area contributed by atoms with Gasteiger partial charge in [-0.15, -0.1) is 0 Å². The number of hydrogen-bond donors (Lipinski definition) is 1. The van der Waals surface area contributed by atoms with Crippen LogP contribution in [-0.2, 0) is 4.74 Å². The van der Waals surface area contributed by atoms with Crippen LogP contribution in [0.3, 0.4) is 0 Å². The van der Waals surface area contributed by atoms with Gasteiger partial charge in [-0.05, 0) is 37.8 Å². The lowest BCUT2D eigenvalue weighted by molar-refractivity contribution is 0.0421. The van der Waals surface area contributed by atoms with Crippen molar-refractivity contribution in [3.05, 3.63) is 0 Å². The molecule has 0 aromatic rings. The van der Waals surface area contributed by atoms with E-state index in [1.807, 2.05) is 18.9 Å². The van der Waals surface area contributed by atoms with E-state index in [9.17, 15) is 0 Å². The lowest BCUT2D eigenvalue weighted by atomic mass is 9.92. The number of methoxy groups -OCH3 is 1. The highest BCUT2D eigenvalue weighted by Gasteiger charge is 2.23. The van der Waals surface area contributed by atoms with Crippen LogP contribution in [0.25, 0.3) is 0 Å².